The van der Waals surface area contributed by atoms with Crippen molar-refractivity contribution in [3.05, 3.63) is 23.9 Å². The van der Waals surface area contributed by atoms with E-state index in [2.05, 4.69) is 20.9 Å². The molecule has 1 aromatic rings. The van der Waals surface area contributed by atoms with Crippen LogP contribution in [0, 0.1) is 0 Å². The van der Waals surface area contributed by atoms with Gasteiger partial charge in [-0.2, -0.15) is 13.2 Å². The van der Waals surface area contributed by atoms with Crippen LogP contribution in [0.4, 0.5) is 19.0 Å². The van der Waals surface area contributed by atoms with E-state index < -0.39 is 36.5 Å². The summed E-state index contributed by atoms with van der Waals surface area (Å²) in [5.74, 6) is -1.78. The fourth-order valence-corrected chi connectivity index (χ4v) is 3.37. The van der Waals surface area contributed by atoms with Crippen molar-refractivity contribution in [1.82, 2.24) is 20.5 Å². The predicted octanol–water partition coefficient (Wildman–Crippen LogP) is 0.954. The summed E-state index contributed by atoms with van der Waals surface area (Å²) in [7, 11) is 0. The van der Waals surface area contributed by atoms with Gasteiger partial charge in [-0.05, 0) is 24.1 Å². The molecule has 12 heteroatoms. The largest absolute Gasteiger partial charge is 0.405 e. The van der Waals surface area contributed by atoms with E-state index in [0.717, 1.165) is 4.90 Å². The molecule has 2 aliphatic heterocycles. The van der Waals surface area contributed by atoms with Gasteiger partial charge in [0.25, 0.3) is 0 Å². The molecule has 8 nitrogen and oxygen atoms in total. The number of carbonyl (C=O) groups excluding carboxylic acids is 3. The first-order valence-corrected chi connectivity index (χ1v) is 8.85. The summed E-state index contributed by atoms with van der Waals surface area (Å²) < 4.78 is 39.3. The van der Waals surface area contributed by atoms with E-state index in [1.165, 1.54) is 12.3 Å². The summed E-state index contributed by atoms with van der Waals surface area (Å²) in [6.45, 7) is -0.222. The molecule has 3 N–H and O–H groups in total. The highest BCUT2D eigenvalue weighted by atomic mass is 79.9. The first kappa shape index (κ1) is 23.2. The maximum atomic E-state index is 13.1. The molecule has 0 bridgehead atoms. The quantitative estimate of drug-likeness (QED) is 0.555. The van der Waals surface area contributed by atoms with Crippen molar-refractivity contribution in [1.29, 1.82) is 0 Å². The molecule has 0 radical (unpaired) electrons. The molecule has 0 aliphatic carbocycles. The summed E-state index contributed by atoms with van der Waals surface area (Å²) >= 11 is 0. The Bertz CT molecular complexity index is 777. The Kier molecular flexibility index (Phi) is 7.72. The number of amides is 3. The molecule has 0 spiro atoms. The molecule has 160 valence electrons. The van der Waals surface area contributed by atoms with E-state index in [1.54, 1.807) is 6.07 Å². The highest BCUT2D eigenvalue weighted by Crippen LogP contribution is 2.27. The van der Waals surface area contributed by atoms with Crippen molar-refractivity contribution in [2.24, 2.45) is 0 Å². The molecule has 3 rings (SSSR count). The number of imide groups is 1. The third-order valence-electron chi connectivity index (χ3n) is 4.77. The molecule has 3 heterocycles. The zero-order valence-corrected chi connectivity index (χ0v) is 17.0. The Labute approximate surface area is 175 Å². The molecule has 2 aliphatic rings. The molecular formula is C17H21BrF3N5O3. The van der Waals surface area contributed by atoms with Gasteiger partial charge < -0.3 is 10.6 Å². The highest BCUT2D eigenvalue weighted by Gasteiger charge is 2.45. The van der Waals surface area contributed by atoms with Crippen molar-refractivity contribution in [2.45, 2.75) is 31.0 Å². The minimum atomic E-state index is -4.43. The Morgan fingerprint density at radius 3 is 2.79 bits per heavy atom. The van der Waals surface area contributed by atoms with E-state index in [9.17, 15) is 27.6 Å². The lowest BCUT2D eigenvalue weighted by Crippen LogP contribution is -2.59. The number of rotatable bonds is 4. The summed E-state index contributed by atoms with van der Waals surface area (Å²) in [5.41, 5.74) is 0.575. The van der Waals surface area contributed by atoms with Crippen molar-refractivity contribution >= 4 is 40.5 Å². The summed E-state index contributed by atoms with van der Waals surface area (Å²) in [4.78, 5) is 40.5. The Morgan fingerprint density at radius 1 is 1.34 bits per heavy atom. The average Bonchev–Trinajstić information content (AvgIpc) is 2.61. The maximum absolute atomic E-state index is 13.1. The second-order valence-electron chi connectivity index (χ2n) is 6.76. The minimum Gasteiger partial charge on any atom is -0.314 e. The number of nitrogens with one attached hydrogen (secondary N) is 3. The molecule has 2 unspecified atom stereocenters. The molecule has 0 aromatic carbocycles. The van der Waals surface area contributed by atoms with Crippen LogP contribution in [0.5, 0.6) is 0 Å². The van der Waals surface area contributed by atoms with Crippen LogP contribution in [0.2, 0.25) is 0 Å². The maximum Gasteiger partial charge on any atom is 0.405 e. The van der Waals surface area contributed by atoms with Gasteiger partial charge in [-0.15, -0.1) is 17.0 Å². The van der Waals surface area contributed by atoms with E-state index in [4.69, 9.17) is 0 Å². The monoisotopic (exact) mass is 479 g/mol. The Hall–Kier alpha value is -2.05. The van der Waals surface area contributed by atoms with E-state index in [0.29, 0.717) is 18.5 Å². The fourth-order valence-electron chi connectivity index (χ4n) is 3.37. The average molecular weight is 480 g/mol. The molecule has 0 saturated carbocycles. The first-order chi connectivity index (χ1) is 13.2. The van der Waals surface area contributed by atoms with Crippen molar-refractivity contribution in [2.75, 3.05) is 31.5 Å². The third kappa shape index (κ3) is 5.97. The zero-order chi connectivity index (χ0) is 20.3. The lowest BCUT2D eigenvalue weighted by molar-refractivity contribution is -0.187. The van der Waals surface area contributed by atoms with Gasteiger partial charge in [0.2, 0.25) is 17.7 Å². The van der Waals surface area contributed by atoms with E-state index in [-0.39, 0.29) is 48.2 Å². The number of alkyl halides is 3. The van der Waals surface area contributed by atoms with E-state index in [1.807, 2.05) is 0 Å². The zero-order valence-electron chi connectivity index (χ0n) is 15.3. The third-order valence-corrected chi connectivity index (χ3v) is 4.77. The number of piperidine rings is 1. The smallest absolute Gasteiger partial charge is 0.314 e. The van der Waals surface area contributed by atoms with Crippen LogP contribution in [-0.2, 0) is 14.4 Å². The molecule has 1 aromatic heterocycles. The van der Waals surface area contributed by atoms with Gasteiger partial charge in [-0.3, -0.25) is 24.6 Å². The summed E-state index contributed by atoms with van der Waals surface area (Å²) in [5, 5.41) is 7.42. The molecule has 29 heavy (non-hydrogen) atoms. The van der Waals surface area contributed by atoms with Crippen molar-refractivity contribution in [3.8, 4) is 0 Å². The van der Waals surface area contributed by atoms with Gasteiger partial charge in [0.15, 0.2) is 0 Å². The number of hydrogen-bond acceptors (Lipinski definition) is 6. The predicted molar refractivity (Wildman–Crippen MR) is 103 cm³/mol. The topological polar surface area (TPSA) is 103 Å². The lowest BCUT2D eigenvalue weighted by atomic mass is 9.91. The van der Waals surface area contributed by atoms with Crippen LogP contribution >= 0.6 is 17.0 Å². The van der Waals surface area contributed by atoms with Crippen LogP contribution in [0.25, 0.3) is 0 Å². The second-order valence-corrected chi connectivity index (χ2v) is 6.76. The fraction of sp³-hybridized carbons (Fsp3) is 0.529. The molecular weight excluding hydrogens is 459 g/mol. The molecule has 2 atom stereocenters. The van der Waals surface area contributed by atoms with Crippen LogP contribution in [0.3, 0.4) is 0 Å². The number of anilines is 1. The Balaban J connectivity index is 0.00000300. The van der Waals surface area contributed by atoms with Gasteiger partial charge in [0.05, 0.1) is 12.5 Å². The van der Waals surface area contributed by atoms with Crippen LogP contribution in [0.15, 0.2) is 18.3 Å². The SMILES string of the molecule is Br.O=C1CCC(c2ccnc(NC(=O)CN3CCNCC3C(F)(F)F)c2)C(=O)N1. The van der Waals surface area contributed by atoms with Gasteiger partial charge in [-0.25, -0.2) is 4.98 Å². The van der Waals surface area contributed by atoms with Gasteiger partial charge >= 0.3 is 6.18 Å². The lowest BCUT2D eigenvalue weighted by Gasteiger charge is -2.36. The van der Waals surface area contributed by atoms with Gasteiger partial charge in [-0.1, -0.05) is 0 Å². The Morgan fingerprint density at radius 2 is 2.10 bits per heavy atom. The number of carbonyl (C=O) groups is 3. The normalized spacial score (nSPS) is 23.1. The van der Waals surface area contributed by atoms with Crippen LogP contribution < -0.4 is 16.0 Å². The second kappa shape index (κ2) is 9.63. The van der Waals surface area contributed by atoms with Gasteiger partial charge in [0, 0.05) is 32.3 Å². The number of pyridine rings is 1. The molecule has 2 saturated heterocycles. The standard InChI is InChI=1S/C17H20F3N5O3.BrH/c18-17(19,20)12-8-21-5-6-25(12)9-15(27)23-13-7-10(3-4-22-13)11-1-2-14(26)24-16(11)28;/h3-4,7,11-12,21H,1-2,5-6,8-9H2,(H,22,23,27)(H,24,26,28);1H. The minimum absolute atomic E-state index is 0. The number of nitrogens with zero attached hydrogens (tertiary/aromatic N) is 2. The molecule has 2 fully saturated rings. The summed E-state index contributed by atoms with van der Waals surface area (Å²) in [6.07, 6.45) is -2.48. The van der Waals surface area contributed by atoms with E-state index >= 15 is 0 Å². The van der Waals surface area contributed by atoms with Crippen LogP contribution in [-0.4, -0.2) is 66.0 Å². The number of aromatic nitrogens is 1. The number of piperazine rings is 1. The van der Waals surface area contributed by atoms with Crippen molar-refractivity contribution in [3.63, 3.8) is 0 Å². The summed E-state index contributed by atoms with van der Waals surface area (Å²) in [6, 6.07) is 1.37. The van der Waals surface area contributed by atoms with Gasteiger partial charge in [0.1, 0.15) is 11.9 Å². The highest BCUT2D eigenvalue weighted by molar-refractivity contribution is 8.93. The molecule has 3 amide bonds. The van der Waals surface area contributed by atoms with Crippen molar-refractivity contribution < 1.29 is 27.6 Å². The number of halogens is 4. The van der Waals surface area contributed by atoms with Crippen LogP contribution in [0.1, 0.15) is 24.3 Å². The first-order valence-electron chi connectivity index (χ1n) is 8.85. The number of hydrogen-bond donors (Lipinski definition) is 3.